The van der Waals surface area contributed by atoms with Crippen molar-refractivity contribution in [2.75, 3.05) is 0 Å². The lowest BCUT2D eigenvalue weighted by atomic mass is 9.46. The highest BCUT2D eigenvalue weighted by Crippen LogP contribution is 2.67. The van der Waals surface area contributed by atoms with E-state index in [4.69, 9.17) is 0 Å². The first-order chi connectivity index (χ1) is 15.1. The van der Waals surface area contributed by atoms with Gasteiger partial charge in [-0.3, -0.25) is 0 Å². The second-order valence-electron chi connectivity index (χ2n) is 12.3. The highest BCUT2D eigenvalue weighted by molar-refractivity contribution is 5.26. The summed E-state index contributed by atoms with van der Waals surface area (Å²) in [5.41, 5.74) is 2.41. The molecule has 8 atom stereocenters. The molecule has 32 heavy (non-hydrogen) atoms. The molecule has 2 nitrogen and oxygen atoms in total. The van der Waals surface area contributed by atoms with Gasteiger partial charge >= 0.3 is 0 Å². The van der Waals surface area contributed by atoms with Crippen LogP contribution in [0.1, 0.15) is 84.1 Å². The average Bonchev–Trinajstić information content (AvgIpc) is 3.12. The molecular formula is C29H41FO2. The predicted octanol–water partition coefficient (Wildman–Crippen LogP) is 6.45. The normalized spacial score (nSPS) is 42.9. The number of benzene rings is 1. The molecule has 0 unspecified atom stereocenters. The molecule has 0 amide bonds. The van der Waals surface area contributed by atoms with Crippen LogP contribution >= 0.6 is 0 Å². The van der Waals surface area contributed by atoms with Crippen LogP contribution in [0.15, 0.2) is 35.9 Å². The van der Waals surface area contributed by atoms with Crippen LogP contribution < -0.4 is 0 Å². The quantitative estimate of drug-likeness (QED) is 0.528. The van der Waals surface area contributed by atoms with Gasteiger partial charge in [0.2, 0.25) is 0 Å². The first-order valence-corrected chi connectivity index (χ1v) is 13.0. The minimum Gasteiger partial charge on any atom is -0.393 e. The van der Waals surface area contributed by atoms with E-state index in [1.807, 2.05) is 12.1 Å². The Bertz CT molecular complexity index is 874. The number of halogens is 1. The number of allylic oxidation sites excluding steroid dienone is 1. The molecular weight excluding hydrogens is 399 g/mol. The zero-order valence-corrected chi connectivity index (χ0v) is 20.1. The zero-order chi connectivity index (χ0) is 22.7. The molecule has 3 heteroatoms. The molecule has 1 aromatic rings. The van der Waals surface area contributed by atoms with Crippen LogP contribution in [-0.4, -0.2) is 21.9 Å². The predicted molar refractivity (Wildman–Crippen MR) is 127 cm³/mol. The summed E-state index contributed by atoms with van der Waals surface area (Å²) in [5.74, 6) is 2.26. The van der Waals surface area contributed by atoms with Gasteiger partial charge in [-0.2, -0.15) is 0 Å². The van der Waals surface area contributed by atoms with Crippen molar-refractivity contribution >= 4 is 0 Å². The van der Waals surface area contributed by atoms with E-state index in [1.165, 1.54) is 37.0 Å². The van der Waals surface area contributed by atoms with Crippen molar-refractivity contribution in [1.29, 1.82) is 0 Å². The van der Waals surface area contributed by atoms with Crippen molar-refractivity contribution in [1.82, 2.24) is 0 Å². The molecule has 5 rings (SSSR count). The first-order valence-electron chi connectivity index (χ1n) is 13.0. The van der Waals surface area contributed by atoms with Crippen molar-refractivity contribution in [3.05, 3.63) is 47.3 Å². The topological polar surface area (TPSA) is 40.5 Å². The van der Waals surface area contributed by atoms with Crippen LogP contribution in [0.3, 0.4) is 0 Å². The Labute approximate surface area is 193 Å². The maximum Gasteiger partial charge on any atom is 0.123 e. The van der Waals surface area contributed by atoms with Crippen LogP contribution in [0.5, 0.6) is 0 Å². The number of hydrogen-bond acceptors (Lipinski definition) is 2. The van der Waals surface area contributed by atoms with Gasteiger partial charge in [-0.25, -0.2) is 4.39 Å². The van der Waals surface area contributed by atoms with Crippen LogP contribution in [0, 0.1) is 40.3 Å². The monoisotopic (exact) mass is 440 g/mol. The number of aliphatic hydroxyl groups excluding tert-OH is 1. The minimum absolute atomic E-state index is 0.146. The maximum atomic E-state index is 13.3. The Morgan fingerprint density at radius 3 is 2.53 bits per heavy atom. The van der Waals surface area contributed by atoms with Crippen LogP contribution in [-0.2, 0) is 6.42 Å². The highest BCUT2D eigenvalue weighted by atomic mass is 19.1. The molecule has 3 saturated carbocycles. The van der Waals surface area contributed by atoms with Gasteiger partial charge in [-0.15, -0.1) is 0 Å². The van der Waals surface area contributed by atoms with Gasteiger partial charge in [0.25, 0.3) is 0 Å². The van der Waals surface area contributed by atoms with Gasteiger partial charge in [0.05, 0.1) is 11.7 Å². The molecule has 0 radical (unpaired) electrons. The van der Waals surface area contributed by atoms with Crippen LogP contribution in [0.25, 0.3) is 0 Å². The Hall–Kier alpha value is -1.19. The fourth-order valence-corrected chi connectivity index (χ4v) is 8.89. The van der Waals surface area contributed by atoms with Crippen molar-refractivity contribution < 1.29 is 14.6 Å². The van der Waals surface area contributed by atoms with E-state index < -0.39 is 5.60 Å². The van der Waals surface area contributed by atoms with Gasteiger partial charge < -0.3 is 10.2 Å². The number of fused-ring (bicyclic) bond motifs is 5. The maximum absolute atomic E-state index is 13.3. The molecule has 2 N–H and O–H groups in total. The summed E-state index contributed by atoms with van der Waals surface area (Å²) in [6.07, 6.45) is 12.8. The number of aliphatic hydroxyl groups is 2. The smallest absolute Gasteiger partial charge is 0.123 e. The summed E-state index contributed by atoms with van der Waals surface area (Å²) >= 11 is 0. The van der Waals surface area contributed by atoms with Crippen LogP contribution in [0.4, 0.5) is 4.39 Å². The summed E-state index contributed by atoms with van der Waals surface area (Å²) in [7, 11) is 0. The fraction of sp³-hybridized carbons (Fsp3) is 0.724. The van der Waals surface area contributed by atoms with Gasteiger partial charge in [0.1, 0.15) is 5.82 Å². The average molecular weight is 441 g/mol. The molecule has 0 spiro atoms. The lowest BCUT2D eigenvalue weighted by Gasteiger charge is -2.59. The van der Waals surface area contributed by atoms with Crippen molar-refractivity contribution in [3.63, 3.8) is 0 Å². The molecule has 4 aliphatic rings. The highest BCUT2D eigenvalue weighted by Gasteiger charge is 2.61. The molecule has 0 aliphatic heterocycles. The third-order valence-electron chi connectivity index (χ3n) is 10.7. The number of hydrogen-bond donors (Lipinski definition) is 2. The van der Waals surface area contributed by atoms with Gasteiger partial charge in [-0.05, 0) is 123 Å². The molecule has 1 aromatic carbocycles. The SMILES string of the molecule is C[C@]12CC[C@H]3[C@@H](CC=C4C[C@@H](O)CC[C@@]43C)[C@@H]1CC[C@@H]2[C@](C)(O)CCc1ccc(F)cc1. The number of aryl methyl sites for hydroxylation is 1. The van der Waals surface area contributed by atoms with Gasteiger partial charge in [-0.1, -0.05) is 37.6 Å². The largest absolute Gasteiger partial charge is 0.393 e. The molecule has 176 valence electrons. The van der Waals surface area contributed by atoms with E-state index in [0.29, 0.717) is 11.8 Å². The first kappa shape index (κ1) is 22.6. The molecule has 0 heterocycles. The van der Waals surface area contributed by atoms with Crippen molar-refractivity contribution in [2.45, 2.75) is 96.7 Å². The molecule has 4 aliphatic carbocycles. The van der Waals surface area contributed by atoms with Gasteiger partial charge in [0.15, 0.2) is 0 Å². The second kappa shape index (κ2) is 7.94. The third-order valence-corrected chi connectivity index (χ3v) is 10.7. The molecule has 0 saturated heterocycles. The summed E-state index contributed by atoms with van der Waals surface area (Å²) in [5, 5.41) is 21.9. The van der Waals surface area contributed by atoms with E-state index in [-0.39, 0.29) is 22.8 Å². The van der Waals surface area contributed by atoms with Crippen LogP contribution in [0.2, 0.25) is 0 Å². The standard InChI is InChI=1S/C29H41FO2/c1-27-15-13-22(31)18-20(27)6-9-23-24-10-11-26(28(24,2)16-14-25(23)27)29(3,32)17-12-19-4-7-21(30)8-5-19/h4-8,22-26,31-32H,9-18H2,1-3H3/t22-,23-,24-,25-,26-,27-,28-,29+/m0/s1. The summed E-state index contributed by atoms with van der Waals surface area (Å²) in [4.78, 5) is 0. The Kier molecular flexibility index (Phi) is 5.61. The van der Waals surface area contributed by atoms with Crippen molar-refractivity contribution in [2.24, 2.45) is 34.5 Å². The van der Waals surface area contributed by atoms with E-state index in [9.17, 15) is 14.6 Å². The van der Waals surface area contributed by atoms with E-state index in [1.54, 1.807) is 0 Å². The van der Waals surface area contributed by atoms with E-state index >= 15 is 0 Å². The Morgan fingerprint density at radius 2 is 1.78 bits per heavy atom. The van der Waals surface area contributed by atoms with E-state index in [0.717, 1.165) is 62.3 Å². The van der Waals surface area contributed by atoms with Gasteiger partial charge in [0, 0.05) is 0 Å². The van der Waals surface area contributed by atoms with Crippen molar-refractivity contribution in [3.8, 4) is 0 Å². The zero-order valence-electron chi connectivity index (χ0n) is 20.1. The Balaban J connectivity index is 1.34. The molecule has 3 fully saturated rings. The lowest BCUT2D eigenvalue weighted by Crippen LogP contribution is -2.53. The lowest BCUT2D eigenvalue weighted by molar-refractivity contribution is -0.104. The van der Waals surface area contributed by atoms with E-state index in [2.05, 4.69) is 26.8 Å². The summed E-state index contributed by atoms with van der Waals surface area (Å²) < 4.78 is 13.3. The Morgan fingerprint density at radius 1 is 1.03 bits per heavy atom. The molecule has 0 aromatic heterocycles. The summed E-state index contributed by atoms with van der Waals surface area (Å²) in [6.45, 7) is 7.02. The fourth-order valence-electron chi connectivity index (χ4n) is 8.89. The molecule has 0 bridgehead atoms. The minimum atomic E-state index is -0.695. The second-order valence-corrected chi connectivity index (χ2v) is 12.3. The summed E-state index contributed by atoms with van der Waals surface area (Å²) in [6, 6.07) is 6.74. The number of rotatable bonds is 4. The third kappa shape index (κ3) is 3.59.